The molecular weight excluding hydrogens is 1010 g/mol. The Morgan fingerprint density at radius 2 is 0.988 bits per heavy atom. The molecule has 5 rings (SSSR count). The van der Waals surface area contributed by atoms with Gasteiger partial charge in [-0.1, -0.05) is 143 Å². The van der Waals surface area contributed by atoms with Gasteiger partial charge in [0.1, 0.15) is 66.1 Å². The first-order chi connectivity index (χ1) is 38.2. The fraction of sp³-hybridized carbons (Fsp3) is 0.574. The van der Waals surface area contributed by atoms with Crippen LogP contribution in [0.3, 0.4) is 0 Å². The second-order valence-corrected chi connectivity index (χ2v) is 22.4. The predicted octanol–water partition coefficient (Wildman–Crippen LogP) is 14.6. The summed E-state index contributed by atoms with van der Waals surface area (Å²) >= 11 is 0. The number of aromatic nitrogens is 1. The maximum Gasteiger partial charge on any atom is 0.141 e. The molecule has 0 spiro atoms. The van der Waals surface area contributed by atoms with Gasteiger partial charge in [0.15, 0.2) is 0 Å². The number of aliphatic hydroxyl groups is 5. The molecular formula is C68H106FNO10. The van der Waals surface area contributed by atoms with E-state index in [1.807, 2.05) is 87.5 Å². The quantitative estimate of drug-likeness (QED) is 0.0298. The van der Waals surface area contributed by atoms with E-state index >= 15 is 0 Å². The van der Waals surface area contributed by atoms with Crippen molar-refractivity contribution in [3.8, 4) is 28.7 Å². The number of para-hydroxylation sites is 3. The van der Waals surface area contributed by atoms with Gasteiger partial charge >= 0.3 is 0 Å². The summed E-state index contributed by atoms with van der Waals surface area (Å²) in [5.74, 6) is 5.72. The summed E-state index contributed by atoms with van der Waals surface area (Å²) in [6.07, 6.45) is 12.6. The molecule has 0 aliphatic carbocycles. The molecule has 5 aromatic rings. The molecule has 4 aromatic carbocycles. The fourth-order valence-electron chi connectivity index (χ4n) is 7.95. The molecule has 4 unspecified atom stereocenters. The van der Waals surface area contributed by atoms with Gasteiger partial charge in [-0.3, -0.25) is 4.98 Å². The highest BCUT2D eigenvalue weighted by Crippen LogP contribution is 2.35. The summed E-state index contributed by atoms with van der Waals surface area (Å²) in [6, 6.07) is 32.6. The summed E-state index contributed by atoms with van der Waals surface area (Å²) in [7, 11) is 0. The van der Waals surface area contributed by atoms with Crippen molar-refractivity contribution < 1.29 is 53.6 Å². The van der Waals surface area contributed by atoms with Crippen LogP contribution < -0.4 is 23.7 Å². The van der Waals surface area contributed by atoms with Crippen molar-refractivity contribution in [1.82, 2.24) is 4.98 Å². The van der Waals surface area contributed by atoms with E-state index in [4.69, 9.17) is 44.1 Å². The van der Waals surface area contributed by atoms with Gasteiger partial charge in [0, 0.05) is 12.3 Å². The van der Waals surface area contributed by atoms with E-state index in [0.717, 1.165) is 85.6 Å². The molecule has 4 atom stereocenters. The topological polar surface area (TPSA) is 160 Å². The number of pyridine rings is 1. The van der Waals surface area contributed by atoms with Crippen molar-refractivity contribution in [3.63, 3.8) is 0 Å². The zero-order chi connectivity index (χ0) is 59.9. The number of halogens is 1. The maximum absolute atomic E-state index is 13.0. The highest BCUT2D eigenvalue weighted by atomic mass is 19.1. The molecule has 12 heteroatoms. The van der Waals surface area contributed by atoms with Gasteiger partial charge in [0.25, 0.3) is 0 Å². The molecule has 80 heavy (non-hydrogen) atoms. The van der Waals surface area contributed by atoms with Crippen LogP contribution in [0.1, 0.15) is 170 Å². The summed E-state index contributed by atoms with van der Waals surface area (Å²) in [5.41, 5.74) is 5.79. The zero-order valence-electron chi connectivity index (χ0n) is 51.6. The molecule has 11 nitrogen and oxygen atoms in total. The molecule has 0 amide bonds. The van der Waals surface area contributed by atoms with Crippen LogP contribution in [0.2, 0.25) is 0 Å². The number of hydrogen-bond donors (Lipinski definition) is 5. The fourth-order valence-corrected chi connectivity index (χ4v) is 7.95. The number of nitrogens with zero attached hydrogens (tertiary/aromatic N) is 1. The molecule has 1 heterocycles. The third kappa shape index (κ3) is 31.7. The Balaban J connectivity index is 0.000000500. The lowest BCUT2D eigenvalue weighted by Gasteiger charge is -2.28. The van der Waals surface area contributed by atoms with E-state index < -0.39 is 6.10 Å². The zero-order valence-corrected chi connectivity index (χ0v) is 51.6. The van der Waals surface area contributed by atoms with Gasteiger partial charge in [-0.15, -0.1) is 0 Å². The van der Waals surface area contributed by atoms with Gasteiger partial charge in [0.05, 0.1) is 38.2 Å². The lowest BCUT2D eigenvalue weighted by atomic mass is 9.80. The van der Waals surface area contributed by atoms with Gasteiger partial charge in [-0.25, -0.2) is 4.39 Å². The van der Waals surface area contributed by atoms with E-state index in [0.29, 0.717) is 30.1 Å². The van der Waals surface area contributed by atoms with Crippen LogP contribution in [0.15, 0.2) is 109 Å². The molecule has 0 aliphatic heterocycles. The van der Waals surface area contributed by atoms with Gasteiger partial charge < -0.3 is 49.2 Å². The van der Waals surface area contributed by atoms with E-state index in [9.17, 15) is 9.50 Å². The van der Waals surface area contributed by atoms with Crippen LogP contribution in [0.5, 0.6) is 28.7 Å². The molecule has 0 fully saturated rings. The van der Waals surface area contributed by atoms with E-state index in [2.05, 4.69) is 92.4 Å². The largest absolute Gasteiger partial charge is 0.491 e. The second-order valence-electron chi connectivity index (χ2n) is 22.4. The van der Waals surface area contributed by atoms with Crippen molar-refractivity contribution >= 4 is 0 Å². The van der Waals surface area contributed by atoms with Crippen LogP contribution in [0.25, 0.3) is 0 Å². The molecule has 0 saturated heterocycles. The lowest BCUT2D eigenvalue weighted by Crippen LogP contribution is -2.26. The first-order valence-corrected chi connectivity index (χ1v) is 29.5. The van der Waals surface area contributed by atoms with Crippen molar-refractivity contribution in [2.45, 2.75) is 197 Å². The van der Waals surface area contributed by atoms with Crippen molar-refractivity contribution in [2.75, 3.05) is 39.6 Å². The van der Waals surface area contributed by atoms with Crippen LogP contribution in [-0.2, 0) is 31.1 Å². The molecule has 0 saturated carbocycles. The molecule has 1 aromatic heterocycles. The third-order valence-corrected chi connectivity index (χ3v) is 12.9. The summed E-state index contributed by atoms with van der Waals surface area (Å²) in [6.45, 7) is 30.0. The number of aryl methyl sites for hydroxylation is 4. The van der Waals surface area contributed by atoms with E-state index in [1.165, 1.54) is 48.1 Å². The predicted molar refractivity (Wildman–Crippen MR) is 327 cm³/mol. The first kappa shape index (κ1) is 72.8. The number of hydrogen-bond acceptors (Lipinski definition) is 11. The van der Waals surface area contributed by atoms with E-state index in [-0.39, 0.29) is 62.6 Å². The minimum Gasteiger partial charge on any atom is -0.491 e. The first-order valence-electron chi connectivity index (χ1n) is 29.5. The molecule has 0 aliphatic rings. The Morgan fingerprint density at radius 1 is 0.512 bits per heavy atom. The summed E-state index contributed by atoms with van der Waals surface area (Å²) < 4.78 is 41.0. The highest BCUT2D eigenvalue weighted by Gasteiger charge is 2.24. The monoisotopic (exact) mass is 1120 g/mol. The van der Waals surface area contributed by atoms with Crippen LogP contribution >= 0.6 is 0 Å². The lowest BCUT2D eigenvalue weighted by molar-refractivity contribution is 0.0598. The average molecular weight is 1120 g/mol. The minimum atomic E-state index is -0.445. The second kappa shape index (κ2) is 42.6. The number of rotatable bonds is 30. The third-order valence-electron chi connectivity index (χ3n) is 12.9. The minimum absolute atomic E-state index is 0.0263. The van der Waals surface area contributed by atoms with E-state index in [1.54, 1.807) is 19.2 Å². The van der Waals surface area contributed by atoms with Crippen LogP contribution in [0.4, 0.5) is 4.39 Å². The normalized spacial score (nSPS) is 12.5. The number of aliphatic hydroxyl groups excluding tert-OH is 5. The summed E-state index contributed by atoms with van der Waals surface area (Å²) in [4.78, 5) is 4.33. The number of benzene rings is 4. The SMILES string of the molecule is CC(C)CCc1ccc(F)cc1OCCO.CC(C)CCc1ccccc1OCCO.CC(C)CCc1ncccc1OC(C)CO.CCCC(C)(C)c1ccccc1OC(C)CO.CCCCc1ccccc1OC(C)C(C)O. The van der Waals surface area contributed by atoms with Gasteiger partial charge in [-0.05, 0) is 167 Å². The van der Waals surface area contributed by atoms with Crippen molar-refractivity contribution in [2.24, 2.45) is 17.8 Å². The van der Waals surface area contributed by atoms with Crippen LogP contribution in [0, 0.1) is 23.6 Å². The molecule has 450 valence electrons. The Hall–Kier alpha value is -5.24. The Labute approximate surface area is 483 Å². The maximum atomic E-state index is 13.0. The molecule has 0 radical (unpaired) electrons. The van der Waals surface area contributed by atoms with Crippen LogP contribution in [-0.4, -0.2) is 94.6 Å². The Morgan fingerprint density at radius 3 is 1.51 bits per heavy atom. The highest BCUT2D eigenvalue weighted by molar-refractivity contribution is 5.39. The van der Waals surface area contributed by atoms with Gasteiger partial charge in [0.2, 0.25) is 0 Å². The standard InChI is InChI=1S/C15H24O2.C14H22O2.C13H19FO2.C13H21NO2.C13H20O2/c1-5-10-15(3,4)13-8-6-7-9-14(13)17-12(2)11-16;1-4-5-8-13-9-6-7-10-14(13)16-12(3)11(2)15;1-10(2)3-4-11-5-6-12(14)9-13(11)16-8-7-15;1-10(2)6-7-12-13(5-4-8-14-12)16-11(3)9-15;1-11(2)7-8-12-5-3-4-6-13(12)15-10-9-14/h6-9,12,16H,5,10-11H2,1-4H3;6-7,9-12,15H,4-5,8H2,1-3H3;5-6,9-10,15H,3-4,7-8H2,1-2H3;4-5,8,10-11,15H,6-7,9H2,1-3H3;3-6,11,14H,7-10H2,1-2H3. The van der Waals surface area contributed by atoms with Crippen molar-refractivity contribution in [3.05, 3.63) is 143 Å². The Bertz CT molecular complexity index is 2320. The number of unbranched alkanes of at least 4 members (excludes halogenated alkanes) is 1. The Kier molecular flexibility index (Phi) is 38.7. The van der Waals surface area contributed by atoms with Crippen molar-refractivity contribution in [1.29, 1.82) is 0 Å². The smallest absolute Gasteiger partial charge is 0.141 e. The summed E-state index contributed by atoms with van der Waals surface area (Å²) in [5, 5.41) is 44.9. The number of ether oxygens (including phenoxy) is 5. The van der Waals surface area contributed by atoms with Gasteiger partial charge in [-0.2, -0.15) is 0 Å². The molecule has 0 bridgehead atoms. The average Bonchev–Trinajstić information content (AvgIpc) is 3.43. The molecule has 5 N–H and O–H groups in total.